The number of morpholine rings is 1. The van der Waals surface area contributed by atoms with E-state index in [2.05, 4.69) is 31.9 Å². The van der Waals surface area contributed by atoms with Crippen molar-refractivity contribution in [2.45, 2.75) is 24.9 Å². The van der Waals surface area contributed by atoms with Crippen LogP contribution in [0.1, 0.15) is 5.56 Å². The Morgan fingerprint density at radius 3 is 2.45 bits per heavy atom. The Morgan fingerprint density at radius 1 is 1.23 bits per heavy atom. The minimum absolute atomic E-state index is 0.223. The zero-order chi connectivity index (χ0) is 22.4. The molecule has 2 atom stereocenters. The molecule has 0 aliphatic carbocycles. The van der Waals surface area contributed by atoms with E-state index in [0.29, 0.717) is 6.04 Å². The van der Waals surface area contributed by atoms with E-state index in [9.17, 15) is 13.2 Å². The molecule has 1 aromatic heterocycles. The first-order chi connectivity index (χ1) is 14.8. The number of alkyl halides is 3. The summed E-state index contributed by atoms with van der Waals surface area (Å²) in [6, 6.07) is 10.4. The van der Waals surface area contributed by atoms with Crippen molar-refractivity contribution in [2.24, 2.45) is 0 Å². The molecule has 2 aliphatic rings. The molecule has 168 valence electrons. The molecule has 2 fully saturated rings. The van der Waals surface area contributed by atoms with Crippen molar-refractivity contribution < 1.29 is 32.5 Å². The molecule has 0 saturated carbocycles. The maximum absolute atomic E-state index is 10.6. The number of carbonyl (C=O) groups is 1. The van der Waals surface area contributed by atoms with E-state index in [1.54, 1.807) is 19.5 Å². The van der Waals surface area contributed by atoms with E-state index in [-0.39, 0.29) is 6.10 Å². The Kier molecular flexibility index (Phi) is 7.29. The van der Waals surface area contributed by atoms with Crippen molar-refractivity contribution in [3.05, 3.63) is 48.3 Å². The number of halogens is 3. The summed E-state index contributed by atoms with van der Waals surface area (Å²) in [5.41, 5.74) is 1.29. The highest BCUT2D eigenvalue weighted by Gasteiger charge is 2.41. The molecular weight excluding hydrogens is 417 g/mol. The summed E-state index contributed by atoms with van der Waals surface area (Å²) >= 11 is 0. The molecule has 3 heterocycles. The maximum Gasteiger partial charge on any atom is 0.490 e. The van der Waals surface area contributed by atoms with Crippen LogP contribution in [0, 0.1) is 0 Å². The zero-order valence-electron chi connectivity index (χ0n) is 16.8. The van der Waals surface area contributed by atoms with Crippen molar-refractivity contribution in [2.75, 3.05) is 38.3 Å². The van der Waals surface area contributed by atoms with Gasteiger partial charge in [0.25, 0.3) is 0 Å². The number of aromatic nitrogens is 2. The number of carboxylic acid groups (broad SMARTS) is 1. The highest BCUT2D eigenvalue weighted by Crippen LogP contribution is 2.27. The number of ether oxygens (including phenoxy) is 2. The number of likely N-dealkylation sites (tertiary alicyclic amines) is 1. The number of aliphatic carboxylic acids is 1. The predicted octanol–water partition coefficient (Wildman–Crippen LogP) is 2.21. The van der Waals surface area contributed by atoms with Gasteiger partial charge in [0.05, 0.1) is 25.9 Å². The Bertz CT molecular complexity index is 852. The van der Waals surface area contributed by atoms with E-state index < -0.39 is 12.1 Å². The highest BCUT2D eigenvalue weighted by molar-refractivity contribution is 5.73. The lowest BCUT2D eigenvalue weighted by Crippen LogP contribution is -2.51. The van der Waals surface area contributed by atoms with Crippen LogP contribution < -0.4 is 9.64 Å². The minimum atomic E-state index is -5.08. The molecule has 31 heavy (non-hydrogen) atoms. The lowest BCUT2D eigenvalue weighted by Gasteiger charge is -2.36. The number of benzene rings is 1. The van der Waals surface area contributed by atoms with Crippen LogP contribution in [0.4, 0.5) is 19.1 Å². The molecule has 2 aromatic rings. The van der Waals surface area contributed by atoms with Gasteiger partial charge in [-0.25, -0.2) is 14.8 Å². The number of hydrogen-bond acceptors (Lipinski definition) is 7. The standard InChI is InChI=1S/C18H22N4O2.C2HF3O2/c1-23-15-5-3-14(4-6-15)11-21-12-16-17(13-21)24-10-9-22(16)18-19-7-2-8-20-18;3-2(4,5)1(6)7/h2-8,16-17H,9-13H2,1H3;(H,6,7)/t16-,17+;/m1./s1. The van der Waals surface area contributed by atoms with Crippen molar-refractivity contribution in [3.63, 3.8) is 0 Å². The second-order valence-corrected chi connectivity index (χ2v) is 7.06. The van der Waals surface area contributed by atoms with Gasteiger partial charge in [-0.3, -0.25) is 4.90 Å². The van der Waals surface area contributed by atoms with Gasteiger partial charge >= 0.3 is 12.1 Å². The van der Waals surface area contributed by atoms with E-state index in [1.807, 2.05) is 18.2 Å². The van der Waals surface area contributed by atoms with E-state index in [4.69, 9.17) is 19.4 Å². The van der Waals surface area contributed by atoms with E-state index in [0.717, 1.165) is 44.5 Å². The van der Waals surface area contributed by atoms with Crippen molar-refractivity contribution >= 4 is 11.9 Å². The fourth-order valence-electron chi connectivity index (χ4n) is 3.57. The molecular formula is C20H23F3N4O4. The fraction of sp³-hybridized carbons (Fsp3) is 0.450. The van der Waals surface area contributed by atoms with Crippen LogP contribution in [0.15, 0.2) is 42.7 Å². The van der Waals surface area contributed by atoms with E-state index >= 15 is 0 Å². The first kappa shape index (κ1) is 22.8. The quantitative estimate of drug-likeness (QED) is 0.775. The number of hydrogen-bond donors (Lipinski definition) is 1. The molecule has 0 spiro atoms. The topological polar surface area (TPSA) is 88.0 Å². The highest BCUT2D eigenvalue weighted by atomic mass is 19.4. The molecule has 8 nitrogen and oxygen atoms in total. The molecule has 0 unspecified atom stereocenters. The smallest absolute Gasteiger partial charge is 0.490 e. The molecule has 11 heteroatoms. The summed E-state index contributed by atoms with van der Waals surface area (Å²) in [5.74, 6) is -1.06. The number of anilines is 1. The van der Waals surface area contributed by atoms with Crippen LogP contribution in [0.5, 0.6) is 5.75 Å². The maximum atomic E-state index is 10.6. The second-order valence-electron chi connectivity index (χ2n) is 7.06. The molecule has 2 aliphatic heterocycles. The van der Waals surface area contributed by atoms with Gasteiger partial charge in [-0.15, -0.1) is 0 Å². The van der Waals surface area contributed by atoms with Gasteiger partial charge in [-0.2, -0.15) is 13.2 Å². The molecule has 1 aromatic carbocycles. The summed E-state index contributed by atoms with van der Waals surface area (Å²) in [6.45, 7) is 4.41. The average molecular weight is 440 g/mol. The largest absolute Gasteiger partial charge is 0.497 e. The van der Waals surface area contributed by atoms with Crippen molar-refractivity contribution in [1.29, 1.82) is 0 Å². The number of methoxy groups -OCH3 is 1. The molecule has 4 rings (SSSR count). The third-order valence-electron chi connectivity index (χ3n) is 4.99. The van der Waals surface area contributed by atoms with Crippen molar-refractivity contribution in [1.82, 2.24) is 14.9 Å². The van der Waals surface area contributed by atoms with Crippen LogP contribution in [0.25, 0.3) is 0 Å². The number of carboxylic acids is 1. The van der Waals surface area contributed by atoms with Crippen LogP contribution in [-0.2, 0) is 16.1 Å². The Morgan fingerprint density at radius 2 is 1.87 bits per heavy atom. The Hall–Kier alpha value is -2.92. The number of nitrogens with zero attached hydrogens (tertiary/aromatic N) is 4. The van der Waals surface area contributed by atoms with Gasteiger partial charge in [0, 0.05) is 38.6 Å². The monoisotopic (exact) mass is 440 g/mol. The minimum Gasteiger partial charge on any atom is -0.497 e. The van der Waals surface area contributed by atoms with Gasteiger partial charge in [-0.05, 0) is 23.8 Å². The molecule has 0 radical (unpaired) electrons. The molecule has 0 bridgehead atoms. The van der Waals surface area contributed by atoms with Crippen molar-refractivity contribution in [3.8, 4) is 5.75 Å². The number of fused-ring (bicyclic) bond motifs is 1. The third-order valence-corrected chi connectivity index (χ3v) is 4.99. The summed E-state index contributed by atoms with van der Waals surface area (Å²) in [4.78, 5) is 22.5. The zero-order valence-corrected chi connectivity index (χ0v) is 16.8. The predicted molar refractivity (Wildman–Crippen MR) is 105 cm³/mol. The van der Waals surface area contributed by atoms with Gasteiger partial charge in [-0.1, -0.05) is 12.1 Å². The van der Waals surface area contributed by atoms with Crippen LogP contribution in [0.3, 0.4) is 0 Å². The SMILES string of the molecule is COc1ccc(CN2C[C@@H]3OCCN(c4ncccn4)[C@@H]3C2)cc1.O=C(O)C(F)(F)F. The first-order valence-corrected chi connectivity index (χ1v) is 9.58. The van der Waals surface area contributed by atoms with Gasteiger partial charge in [0.15, 0.2) is 0 Å². The van der Waals surface area contributed by atoms with Gasteiger partial charge in [0.1, 0.15) is 5.75 Å². The average Bonchev–Trinajstić information content (AvgIpc) is 3.17. The van der Waals surface area contributed by atoms with Crippen LogP contribution in [0.2, 0.25) is 0 Å². The Labute approximate surface area is 177 Å². The molecule has 1 N–H and O–H groups in total. The van der Waals surface area contributed by atoms with Gasteiger partial charge < -0.3 is 19.5 Å². The summed E-state index contributed by atoms with van der Waals surface area (Å²) < 4.78 is 43.0. The first-order valence-electron chi connectivity index (χ1n) is 9.58. The molecule has 0 amide bonds. The Balaban J connectivity index is 0.000000339. The lowest BCUT2D eigenvalue weighted by molar-refractivity contribution is -0.192. The van der Waals surface area contributed by atoms with Crippen LogP contribution in [-0.4, -0.2) is 77.6 Å². The molecule has 2 saturated heterocycles. The normalized spacial score (nSPS) is 21.1. The number of rotatable bonds is 4. The second kappa shape index (κ2) is 9.92. The third kappa shape index (κ3) is 6.05. The summed E-state index contributed by atoms with van der Waals surface area (Å²) in [7, 11) is 1.69. The van der Waals surface area contributed by atoms with E-state index in [1.165, 1.54) is 5.56 Å². The summed E-state index contributed by atoms with van der Waals surface area (Å²) in [5, 5.41) is 7.12. The summed E-state index contributed by atoms with van der Waals surface area (Å²) in [6.07, 6.45) is -1.26. The van der Waals surface area contributed by atoms with Crippen LogP contribution >= 0.6 is 0 Å². The van der Waals surface area contributed by atoms with Gasteiger partial charge in [0.2, 0.25) is 5.95 Å². The fourth-order valence-corrected chi connectivity index (χ4v) is 3.57. The lowest BCUT2D eigenvalue weighted by atomic mass is 10.1.